The molecule has 0 aliphatic rings. The second-order valence-corrected chi connectivity index (χ2v) is 5.90. The first kappa shape index (κ1) is 15.0. The van der Waals surface area contributed by atoms with Gasteiger partial charge in [0.25, 0.3) is 15.9 Å². The normalized spacial score (nSPS) is 11.7. The Balaban J connectivity index is 2.10. The second kappa shape index (κ2) is 5.92. The van der Waals surface area contributed by atoms with Crippen LogP contribution >= 0.6 is 0 Å². The van der Waals surface area contributed by atoms with Gasteiger partial charge in [0.05, 0.1) is 5.41 Å². The van der Waals surface area contributed by atoms with Gasteiger partial charge >= 0.3 is 0 Å². The van der Waals surface area contributed by atoms with Crippen molar-refractivity contribution in [3.8, 4) is 0 Å². The lowest BCUT2D eigenvalue weighted by atomic mass is 10.2. The molecule has 110 valence electrons. The van der Waals surface area contributed by atoms with Crippen LogP contribution in [0.15, 0.2) is 48.0 Å². The average molecular weight is 308 g/mol. The van der Waals surface area contributed by atoms with E-state index in [4.69, 9.17) is 0 Å². The molecule has 0 fully saturated rings. The van der Waals surface area contributed by atoms with Crippen LogP contribution in [0.25, 0.3) is 6.08 Å². The molecule has 1 aromatic heterocycles. The van der Waals surface area contributed by atoms with Crippen molar-refractivity contribution in [1.29, 1.82) is 0 Å². The van der Waals surface area contributed by atoms with E-state index in [-0.39, 0.29) is 5.69 Å². The maximum Gasteiger partial charge on any atom is 0.281 e. The zero-order valence-corrected chi connectivity index (χ0v) is 12.0. The van der Waals surface area contributed by atoms with E-state index < -0.39 is 21.7 Å². The molecule has 0 atom stereocenters. The Morgan fingerprint density at radius 1 is 1.24 bits per heavy atom. The third kappa shape index (κ3) is 4.03. The van der Waals surface area contributed by atoms with Crippen LogP contribution in [0.2, 0.25) is 0 Å². The van der Waals surface area contributed by atoms with Crippen molar-refractivity contribution in [2.24, 2.45) is 7.05 Å². The molecule has 1 heterocycles. The van der Waals surface area contributed by atoms with Crippen molar-refractivity contribution in [1.82, 2.24) is 9.29 Å². The summed E-state index contributed by atoms with van der Waals surface area (Å²) in [6.07, 6.45) is 2.91. The number of rotatable bonds is 4. The van der Waals surface area contributed by atoms with Crippen LogP contribution in [-0.2, 0) is 17.1 Å². The molecule has 0 unspecified atom stereocenters. The second-order valence-electron chi connectivity index (χ2n) is 4.33. The van der Waals surface area contributed by atoms with Gasteiger partial charge in [0.1, 0.15) is 11.5 Å². The van der Waals surface area contributed by atoms with Gasteiger partial charge in [0, 0.05) is 13.2 Å². The van der Waals surface area contributed by atoms with Gasteiger partial charge in [-0.3, -0.25) is 4.79 Å². The number of hydrogen-bond acceptors (Lipinski definition) is 3. The van der Waals surface area contributed by atoms with Gasteiger partial charge in [-0.15, -0.1) is 0 Å². The summed E-state index contributed by atoms with van der Waals surface area (Å²) in [5, 5.41) is 0.862. The predicted molar refractivity (Wildman–Crippen MR) is 77.2 cm³/mol. The predicted octanol–water partition coefficient (Wildman–Crippen LogP) is 1.89. The number of hydrogen-bond donors (Lipinski definition) is 1. The minimum absolute atomic E-state index is 0.230. The Bertz CT molecular complexity index is 777. The first-order valence-electron chi connectivity index (χ1n) is 5.99. The van der Waals surface area contributed by atoms with Gasteiger partial charge in [0.15, 0.2) is 0 Å². The fraction of sp³-hybridized carbons (Fsp3) is 0.0714. The summed E-state index contributed by atoms with van der Waals surface area (Å²) >= 11 is 0. The number of sulfonamides is 1. The molecule has 0 saturated heterocycles. The number of nitrogens with one attached hydrogen (secondary N) is 1. The molecule has 1 amide bonds. The Morgan fingerprint density at radius 2 is 1.90 bits per heavy atom. The molecule has 0 bridgehead atoms. The number of nitrogens with zero attached hydrogens (tertiary/aromatic N) is 1. The number of amides is 1. The zero-order chi connectivity index (χ0) is 15.5. The van der Waals surface area contributed by atoms with Gasteiger partial charge in [-0.1, -0.05) is 12.1 Å². The third-order valence-electron chi connectivity index (χ3n) is 2.72. The van der Waals surface area contributed by atoms with E-state index in [9.17, 15) is 17.6 Å². The lowest BCUT2D eigenvalue weighted by Crippen LogP contribution is -2.30. The zero-order valence-electron chi connectivity index (χ0n) is 11.2. The number of carbonyl (C=O) groups is 1. The van der Waals surface area contributed by atoms with Crippen molar-refractivity contribution in [2.75, 3.05) is 0 Å². The van der Waals surface area contributed by atoms with Crippen LogP contribution in [0.3, 0.4) is 0 Å². The quantitative estimate of drug-likeness (QED) is 0.938. The van der Waals surface area contributed by atoms with Crippen molar-refractivity contribution in [3.05, 3.63) is 65.1 Å². The van der Waals surface area contributed by atoms with Crippen LogP contribution < -0.4 is 4.72 Å². The van der Waals surface area contributed by atoms with Gasteiger partial charge < -0.3 is 4.57 Å². The summed E-state index contributed by atoms with van der Waals surface area (Å²) in [6, 6.07) is 8.44. The largest absolute Gasteiger partial charge is 0.347 e. The minimum atomic E-state index is -3.92. The molecule has 0 aliphatic heterocycles. The summed E-state index contributed by atoms with van der Waals surface area (Å²) in [7, 11) is -2.28. The molecule has 2 aromatic rings. The SMILES string of the molecule is Cn1cccc1C(=O)NS(=O)(=O)/C=C/c1ccc(F)cc1. The Hall–Kier alpha value is -2.41. The molecular weight excluding hydrogens is 295 g/mol. The first-order valence-corrected chi connectivity index (χ1v) is 7.54. The minimum Gasteiger partial charge on any atom is -0.347 e. The van der Waals surface area contributed by atoms with E-state index in [1.54, 1.807) is 19.3 Å². The van der Waals surface area contributed by atoms with E-state index in [2.05, 4.69) is 0 Å². The Kier molecular flexibility index (Phi) is 4.23. The molecule has 7 heteroatoms. The summed E-state index contributed by atoms with van der Waals surface area (Å²) in [4.78, 5) is 11.8. The number of carbonyl (C=O) groups excluding carboxylic acids is 1. The molecule has 5 nitrogen and oxygen atoms in total. The van der Waals surface area contributed by atoms with Crippen LogP contribution in [0.5, 0.6) is 0 Å². The van der Waals surface area contributed by atoms with Crippen molar-refractivity contribution in [3.63, 3.8) is 0 Å². The smallest absolute Gasteiger partial charge is 0.281 e. The fourth-order valence-electron chi connectivity index (χ4n) is 1.65. The van der Waals surface area contributed by atoms with Gasteiger partial charge in [0.2, 0.25) is 0 Å². The van der Waals surface area contributed by atoms with Crippen molar-refractivity contribution < 1.29 is 17.6 Å². The Labute approximate surface area is 121 Å². The van der Waals surface area contributed by atoms with Gasteiger partial charge in [-0.25, -0.2) is 17.5 Å². The number of benzene rings is 1. The molecule has 0 radical (unpaired) electrons. The number of halogens is 1. The summed E-state index contributed by atoms with van der Waals surface area (Å²) < 4.78 is 39.7. The van der Waals surface area contributed by atoms with E-state index in [1.807, 2.05) is 4.72 Å². The molecule has 0 spiro atoms. The molecule has 1 N–H and O–H groups in total. The van der Waals surface area contributed by atoms with Gasteiger partial charge in [-0.2, -0.15) is 0 Å². The topological polar surface area (TPSA) is 68.2 Å². The van der Waals surface area contributed by atoms with E-state index >= 15 is 0 Å². The third-order valence-corrected chi connectivity index (χ3v) is 3.69. The molecule has 1 aromatic carbocycles. The molecule has 0 saturated carbocycles. The summed E-state index contributed by atoms with van der Waals surface area (Å²) in [6.45, 7) is 0. The molecular formula is C14H13FN2O3S. The average Bonchev–Trinajstić information content (AvgIpc) is 2.84. The highest BCUT2D eigenvalue weighted by molar-refractivity contribution is 7.93. The highest BCUT2D eigenvalue weighted by Gasteiger charge is 2.15. The fourth-order valence-corrected chi connectivity index (χ4v) is 2.42. The standard InChI is InChI=1S/C14H13FN2O3S/c1-17-9-2-3-13(17)14(18)16-21(19,20)10-8-11-4-6-12(15)7-5-11/h2-10H,1H3,(H,16,18)/b10-8+. The summed E-state index contributed by atoms with van der Waals surface area (Å²) in [5.41, 5.74) is 0.738. The van der Waals surface area contributed by atoms with Crippen LogP contribution in [0, 0.1) is 5.82 Å². The van der Waals surface area contributed by atoms with Crippen LogP contribution in [0.4, 0.5) is 4.39 Å². The highest BCUT2D eigenvalue weighted by Crippen LogP contribution is 2.06. The van der Waals surface area contributed by atoms with E-state index in [0.717, 1.165) is 5.41 Å². The Morgan fingerprint density at radius 3 is 2.48 bits per heavy atom. The molecule has 21 heavy (non-hydrogen) atoms. The van der Waals surface area contributed by atoms with Crippen LogP contribution in [-0.4, -0.2) is 18.9 Å². The number of aryl methyl sites for hydroxylation is 1. The maximum atomic E-state index is 12.7. The molecule has 2 rings (SSSR count). The van der Waals surface area contributed by atoms with Crippen molar-refractivity contribution in [2.45, 2.75) is 0 Å². The van der Waals surface area contributed by atoms with Gasteiger partial charge in [-0.05, 0) is 35.9 Å². The highest BCUT2D eigenvalue weighted by atomic mass is 32.2. The monoisotopic (exact) mass is 308 g/mol. The first-order chi connectivity index (χ1) is 9.87. The molecule has 0 aliphatic carbocycles. The maximum absolute atomic E-state index is 12.7. The summed E-state index contributed by atoms with van der Waals surface area (Å²) in [5.74, 6) is -1.13. The lowest BCUT2D eigenvalue weighted by molar-refractivity contribution is 0.0974. The van der Waals surface area contributed by atoms with Crippen LogP contribution in [0.1, 0.15) is 16.1 Å². The van der Waals surface area contributed by atoms with E-state index in [0.29, 0.717) is 5.56 Å². The number of aromatic nitrogens is 1. The van der Waals surface area contributed by atoms with Crippen molar-refractivity contribution >= 4 is 22.0 Å². The van der Waals surface area contributed by atoms with E-state index in [1.165, 1.54) is 41.0 Å². The lowest BCUT2D eigenvalue weighted by Gasteiger charge is -2.04.